The summed E-state index contributed by atoms with van der Waals surface area (Å²) in [5.74, 6) is 0. The Bertz CT molecular complexity index is 505. The number of aryl methyl sites for hydroxylation is 2. The van der Waals surface area contributed by atoms with Crippen molar-refractivity contribution in [2.75, 3.05) is 0 Å². The fraction of sp³-hybridized carbons (Fsp3) is 0.312. The Kier molecular flexibility index (Phi) is 4.11. The Balaban J connectivity index is 2.08. The van der Waals surface area contributed by atoms with Gasteiger partial charge in [-0.1, -0.05) is 31.2 Å². The highest BCUT2D eigenvalue weighted by Gasteiger charge is 2.09. The lowest BCUT2D eigenvalue weighted by atomic mass is 10.0. The molecule has 0 aliphatic heterocycles. The molecule has 0 saturated heterocycles. The van der Waals surface area contributed by atoms with Gasteiger partial charge in [-0.2, -0.15) is 0 Å². The molecule has 1 heterocycles. The van der Waals surface area contributed by atoms with Gasteiger partial charge in [0, 0.05) is 12.6 Å². The van der Waals surface area contributed by atoms with Crippen molar-refractivity contribution in [1.29, 1.82) is 0 Å². The molecule has 2 rings (SSSR count). The average molecular weight is 241 g/mol. The van der Waals surface area contributed by atoms with Crippen molar-refractivity contribution in [2.24, 2.45) is 0 Å². The van der Waals surface area contributed by atoms with E-state index in [9.17, 15) is 5.11 Å². The van der Waals surface area contributed by atoms with E-state index in [0.717, 1.165) is 23.2 Å². The van der Waals surface area contributed by atoms with Crippen molar-refractivity contribution in [3.8, 4) is 0 Å². The zero-order valence-electron chi connectivity index (χ0n) is 10.9. The summed E-state index contributed by atoms with van der Waals surface area (Å²) in [5.41, 5.74) is 4.33. The molecule has 0 amide bonds. The largest absolute Gasteiger partial charge is 0.386 e. The third-order valence-corrected chi connectivity index (χ3v) is 3.14. The van der Waals surface area contributed by atoms with E-state index in [2.05, 4.69) is 36.2 Å². The van der Waals surface area contributed by atoms with E-state index in [1.807, 2.05) is 19.1 Å². The van der Waals surface area contributed by atoms with Gasteiger partial charge in [-0.3, -0.25) is 4.98 Å². The molecule has 2 aromatic rings. The number of aliphatic hydroxyl groups is 1. The monoisotopic (exact) mass is 241 g/mol. The Hall–Kier alpha value is -1.67. The summed E-state index contributed by atoms with van der Waals surface area (Å²) < 4.78 is 0. The van der Waals surface area contributed by atoms with Crippen LogP contribution in [0.5, 0.6) is 0 Å². The molecule has 0 saturated carbocycles. The van der Waals surface area contributed by atoms with Crippen LogP contribution in [0, 0.1) is 6.92 Å². The van der Waals surface area contributed by atoms with Gasteiger partial charge in [0.15, 0.2) is 0 Å². The second kappa shape index (κ2) is 5.78. The second-order valence-electron chi connectivity index (χ2n) is 4.65. The first-order chi connectivity index (χ1) is 8.69. The minimum absolute atomic E-state index is 0.530. The summed E-state index contributed by atoms with van der Waals surface area (Å²) >= 11 is 0. The van der Waals surface area contributed by atoms with Crippen LogP contribution < -0.4 is 0 Å². The van der Waals surface area contributed by atoms with Crippen LogP contribution >= 0.6 is 0 Å². The highest BCUT2D eigenvalue weighted by Crippen LogP contribution is 2.17. The van der Waals surface area contributed by atoms with E-state index in [1.54, 1.807) is 6.20 Å². The zero-order chi connectivity index (χ0) is 13.0. The maximum atomic E-state index is 10.2. The third kappa shape index (κ3) is 3.17. The highest BCUT2D eigenvalue weighted by molar-refractivity contribution is 5.24. The molecule has 1 N–H and O–H groups in total. The number of aliphatic hydroxyl groups excluding tert-OH is 1. The summed E-state index contributed by atoms with van der Waals surface area (Å²) in [5, 5.41) is 10.2. The first-order valence-corrected chi connectivity index (χ1v) is 6.37. The van der Waals surface area contributed by atoms with Crippen LogP contribution in [0.25, 0.3) is 0 Å². The minimum atomic E-state index is -0.530. The molecule has 1 atom stereocenters. The Morgan fingerprint density at radius 1 is 1.11 bits per heavy atom. The van der Waals surface area contributed by atoms with Crippen LogP contribution in [0.3, 0.4) is 0 Å². The van der Waals surface area contributed by atoms with Gasteiger partial charge in [-0.15, -0.1) is 0 Å². The van der Waals surface area contributed by atoms with Crippen LogP contribution in [-0.4, -0.2) is 10.1 Å². The predicted octanol–water partition coefficient (Wildman–Crippen LogP) is 3.23. The van der Waals surface area contributed by atoms with Gasteiger partial charge < -0.3 is 5.11 Å². The molecular weight excluding hydrogens is 222 g/mol. The summed E-state index contributed by atoms with van der Waals surface area (Å²) in [6.07, 6.45) is 2.87. The molecule has 0 fully saturated rings. The number of benzene rings is 1. The minimum Gasteiger partial charge on any atom is -0.386 e. The van der Waals surface area contributed by atoms with Crippen LogP contribution in [0.4, 0.5) is 0 Å². The van der Waals surface area contributed by atoms with Gasteiger partial charge in [0.1, 0.15) is 0 Å². The van der Waals surface area contributed by atoms with Crippen molar-refractivity contribution in [1.82, 2.24) is 4.98 Å². The third-order valence-electron chi connectivity index (χ3n) is 3.14. The number of pyridine rings is 1. The quantitative estimate of drug-likeness (QED) is 0.891. The maximum Gasteiger partial charge on any atom is 0.1000 e. The van der Waals surface area contributed by atoms with Crippen molar-refractivity contribution < 1.29 is 5.11 Å². The smallest absolute Gasteiger partial charge is 0.1000 e. The number of rotatable bonds is 4. The fourth-order valence-electron chi connectivity index (χ4n) is 1.98. The maximum absolute atomic E-state index is 10.2. The van der Waals surface area contributed by atoms with Crippen molar-refractivity contribution in [3.05, 3.63) is 65.0 Å². The van der Waals surface area contributed by atoms with E-state index in [4.69, 9.17) is 0 Å². The number of aromatic nitrogens is 1. The average Bonchev–Trinajstić information content (AvgIpc) is 2.39. The SMILES string of the molecule is CCc1ccc(CC(O)c2cc(C)ccn2)cc1. The van der Waals surface area contributed by atoms with Gasteiger partial charge in [-0.05, 0) is 42.2 Å². The van der Waals surface area contributed by atoms with E-state index >= 15 is 0 Å². The number of nitrogens with zero attached hydrogens (tertiary/aromatic N) is 1. The normalized spacial score (nSPS) is 12.4. The molecule has 2 heteroatoms. The molecule has 0 aliphatic carbocycles. The molecule has 0 spiro atoms. The fourth-order valence-corrected chi connectivity index (χ4v) is 1.98. The summed E-state index contributed by atoms with van der Waals surface area (Å²) in [4.78, 5) is 4.22. The van der Waals surface area contributed by atoms with Crippen molar-refractivity contribution >= 4 is 0 Å². The molecule has 0 bridgehead atoms. The zero-order valence-corrected chi connectivity index (χ0v) is 10.9. The molecular formula is C16H19NO. The topological polar surface area (TPSA) is 33.1 Å². The molecule has 0 radical (unpaired) electrons. The lowest BCUT2D eigenvalue weighted by Gasteiger charge is -2.11. The number of hydrogen-bond donors (Lipinski definition) is 1. The lowest BCUT2D eigenvalue weighted by Crippen LogP contribution is -2.04. The van der Waals surface area contributed by atoms with E-state index in [1.165, 1.54) is 5.56 Å². The lowest BCUT2D eigenvalue weighted by molar-refractivity contribution is 0.173. The van der Waals surface area contributed by atoms with Gasteiger partial charge in [0.25, 0.3) is 0 Å². The van der Waals surface area contributed by atoms with Crippen LogP contribution in [-0.2, 0) is 12.8 Å². The first kappa shape index (κ1) is 12.8. The van der Waals surface area contributed by atoms with E-state index in [-0.39, 0.29) is 0 Å². The van der Waals surface area contributed by atoms with Crippen LogP contribution in [0.1, 0.15) is 35.4 Å². The number of hydrogen-bond acceptors (Lipinski definition) is 2. The van der Waals surface area contributed by atoms with Gasteiger partial charge >= 0.3 is 0 Å². The first-order valence-electron chi connectivity index (χ1n) is 6.37. The highest BCUT2D eigenvalue weighted by atomic mass is 16.3. The van der Waals surface area contributed by atoms with E-state index < -0.39 is 6.10 Å². The molecule has 1 aromatic carbocycles. The van der Waals surface area contributed by atoms with Gasteiger partial charge in [0.05, 0.1) is 11.8 Å². The molecule has 1 aromatic heterocycles. The summed E-state index contributed by atoms with van der Waals surface area (Å²) in [6, 6.07) is 12.3. The molecule has 0 aliphatic rings. The van der Waals surface area contributed by atoms with Crippen molar-refractivity contribution in [2.45, 2.75) is 32.8 Å². The molecule has 18 heavy (non-hydrogen) atoms. The molecule has 2 nitrogen and oxygen atoms in total. The van der Waals surface area contributed by atoms with Gasteiger partial charge in [-0.25, -0.2) is 0 Å². The Morgan fingerprint density at radius 3 is 2.39 bits per heavy atom. The van der Waals surface area contributed by atoms with E-state index in [0.29, 0.717) is 6.42 Å². The van der Waals surface area contributed by atoms with Crippen molar-refractivity contribution in [3.63, 3.8) is 0 Å². The molecule has 1 unspecified atom stereocenters. The molecule has 94 valence electrons. The summed E-state index contributed by atoms with van der Waals surface area (Å²) in [7, 11) is 0. The second-order valence-corrected chi connectivity index (χ2v) is 4.65. The standard InChI is InChI=1S/C16H19NO/c1-3-13-4-6-14(7-5-13)11-16(18)15-10-12(2)8-9-17-15/h4-10,16,18H,3,11H2,1-2H3. The summed E-state index contributed by atoms with van der Waals surface area (Å²) in [6.45, 7) is 4.15. The van der Waals surface area contributed by atoms with Crippen LogP contribution in [0.15, 0.2) is 42.6 Å². The Morgan fingerprint density at radius 2 is 1.78 bits per heavy atom. The Labute approximate surface area is 108 Å². The van der Waals surface area contributed by atoms with Crippen LogP contribution in [0.2, 0.25) is 0 Å². The predicted molar refractivity (Wildman–Crippen MR) is 73.5 cm³/mol. The van der Waals surface area contributed by atoms with Gasteiger partial charge in [0.2, 0.25) is 0 Å².